The number of nitro groups is 2. The summed E-state index contributed by atoms with van der Waals surface area (Å²) in [6, 6.07) is 6.94. The third-order valence-electron chi connectivity index (χ3n) is 2.66. The molecule has 0 fully saturated rings. The molecule has 2 aromatic rings. The Morgan fingerprint density at radius 2 is 1.61 bits per heavy atom. The molecule has 0 amide bonds. The summed E-state index contributed by atoms with van der Waals surface area (Å²) in [5.74, 6) is -0.853. The van der Waals surface area contributed by atoms with E-state index in [2.05, 4.69) is 15.9 Å². The first kappa shape index (κ1) is 16.8. The van der Waals surface area contributed by atoms with Crippen molar-refractivity contribution in [2.45, 2.75) is 0 Å². The molecular formula is C13H6BrClN2O6. The van der Waals surface area contributed by atoms with Crippen LogP contribution in [-0.2, 0) is 0 Å². The van der Waals surface area contributed by atoms with E-state index in [4.69, 9.17) is 16.3 Å². The van der Waals surface area contributed by atoms with Crippen LogP contribution < -0.4 is 4.74 Å². The number of carbonyl (C=O) groups is 1. The SMILES string of the molecule is O=C(Oc1ccc(Cl)cc1Br)c1cc([N+](=O)[O-])cc([N+](=O)[O-])c1. The molecule has 0 unspecified atom stereocenters. The minimum absolute atomic E-state index is 0.119. The largest absolute Gasteiger partial charge is 0.422 e. The minimum Gasteiger partial charge on any atom is -0.422 e. The molecule has 2 aromatic carbocycles. The number of benzene rings is 2. The topological polar surface area (TPSA) is 113 Å². The van der Waals surface area contributed by atoms with Crippen molar-refractivity contribution in [1.82, 2.24) is 0 Å². The van der Waals surface area contributed by atoms with Crippen LogP contribution in [0.2, 0.25) is 5.02 Å². The Bertz CT molecular complexity index is 794. The van der Waals surface area contributed by atoms with E-state index in [1.807, 2.05) is 0 Å². The molecule has 0 aliphatic heterocycles. The predicted octanol–water partition coefficient (Wildman–Crippen LogP) is 4.14. The second kappa shape index (κ2) is 6.71. The van der Waals surface area contributed by atoms with Crippen LogP contribution in [0.25, 0.3) is 0 Å². The molecule has 0 saturated carbocycles. The fourth-order valence-electron chi connectivity index (χ4n) is 1.64. The van der Waals surface area contributed by atoms with E-state index in [1.165, 1.54) is 18.2 Å². The Morgan fingerprint density at radius 1 is 1.04 bits per heavy atom. The second-order valence-corrected chi connectivity index (χ2v) is 5.51. The third-order valence-corrected chi connectivity index (χ3v) is 3.51. The maximum Gasteiger partial charge on any atom is 0.344 e. The number of carbonyl (C=O) groups excluding carboxylic acids is 1. The van der Waals surface area contributed by atoms with Crippen LogP contribution in [0.4, 0.5) is 11.4 Å². The van der Waals surface area contributed by atoms with E-state index in [-0.39, 0.29) is 11.3 Å². The smallest absolute Gasteiger partial charge is 0.344 e. The summed E-state index contributed by atoms with van der Waals surface area (Å²) in [6.45, 7) is 0. The number of ether oxygens (including phenoxy) is 1. The van der Waals surface area contributed by atoms with Crippen molar-refractivity contribution in [1.29, 1.82) is 0 Å². The molecule has 0 heterocycles. The van der Waals surface area contributed by atoms with Crippen LogP contribution in [0, 0.1) is 20.2 Å². The highest BCUT2D eigenvalue weighted by Crippen LogP contribution is 2.29. The number of nitro benzene ring substituents is 2. The summed E-state index contributed by atoms with van der Waals surface area (Å²) in [4.78, 5) is 32.0. The zero-order chi connectivity index (χ0) is 17.1. The van der Waals surface area contributed by atoms with Gasteiger partial charge >= 0.3 is 5.97 Å². The highest BCUT2D eigenvalue weighted by atomic mass is 79.9. The van der Waals surface area contributed by atoms with Crippen molar-refractivity contribution >= 4 is 44.9 Å². The fraction of sp³-hybridized carbons (Fsp3) is 0. The summed E-state index contributed by atoms with van der Waals surface area (Å²) in [7, 11) is 0. The van der Waals surface area contributed by atoms with Crippen LogP contribution in [0.1, 0.15) is 10.4 Å². The molecule has 0 radical (unpaired) electrons. The molecule has 0 saturated heterocycles. The van der Waals surface area contributed by atoms with Crippen molar-refractivity contribution in [2.24, 2.45) is 0 Å². The quantitative estimate of drug-likeness (QED) is 0.329. The van der Waals surface area contributed by atoms with E-state index in [0.29, 0.717) is 9.50 Å². The number of non-ortho nitro benzene ring substituents is 2. The zero-order valence-electron chi connectivity index (χ0n) is 11.1. The number of hydrogen-bond acceptors (Lipinski definition) is 6. The van der Waals surface area contributed by atoms with Crippen LogP contribution in [-0.4, -0.2) is 15.8 Å². The molecule has 10 heteroatoms. The highest BCUT2D eigenvalue weighted by Gasteiger charge is 2.21. The van der Waals surface area contributed by atoms with Gasteiger partial charge in [0.15, 0.2) is 0 Å². The van der Waals surface area contributed by atoms with Gasteiger partial charge in [0.05, 0.1) is 25.9 Å². The van der Waals surface area contributed by atoms with Gasteiger partial charge in [-0.1, -0.05) is 11.6 Å². The van der Waals surface area contributed by atoms with Gasteiger partial charge in [-0.2, -0.15) is 0 Å². The van der Waals surface area contributed by atoms with Gasteiger partial charge in [0.25, 0.3) is 11.4 Å². The molecule has 0 N–H and O–H groups in total. The summed E-state index contributed by atoms with van der Waals surface area (Å²) in [5, 5.41) is 22.0. The molecule has 2 rings (SSSR count). The van der Waals surface area contributed by atoms with Gasteiger partial charge in [-0.25, -0.2) is 4.79 Å². The standard InChI is InChI=1S/C13H6BrClN2O6/c14-11-5-8(15)1-2-12(11)23-13(18)7-3-9(16(19)20)6-10(4-7)17(21)22/h1-6H. The van der Waals surface area contributed by atoms with Crippen LogP contribution >= 0.6 is 27.5 Å². The Balaban J connectivity index is 2.38. The lowest BCUT2D eigenvalue weighted by molar-refractivity contribution is -0.394. The maximum absolute atomic E-state index is 12.1. The van der Waals surface area contributed by atoms with Gasteiger partial charge in [0.1, 0.15) is 5.75 Å². The summed E-state index contributed by atoms with van der Waals surface area (Å²) in [6.07, 6.45) is 0. The van der Waals surface area contributed by atoms with Gasteiger partial charge < -0.3 is 4.74 Å². The van der Waals surface area contributed by atoms with Gasteiger partial charge in [0.2, 0.25) is 0 Å². The first-order valence-corrected chi connectivity index (χ1v) is 7.06. The number of rotatable bonds is 4. The van der Waals surface area contributed by atoms with Crippen molar-refractivity contribution in [3.05, 3.63) is 71.7 Å². The Morgan fingerprint density at radius 3 is 2.09 bits per heavy atom. The first-order chi connectivity index (χ1) is 10.8. The summed E-state index contributed by atoms with van der Waals surface area (Å²) in [5.41, 5.74) is -1.48. The Hall–Kier alpha value is -2.52. The number of hydrogen-bond donors (Lipinski definition) is 0. The molecular weight excluding hydrogens is 396 g/mol. The fourth-order valence-corrected chi connectivity index (χ4v) is 2.40. The summed E-state index contributed by atoms with van der Waals surface area (Å²) >= 11 is 8.91. The van der Waals surface area contributed by atoms with Crippen LogP contribution in [0.15, 0.2) is 40.9 Å². The second-order valence-electron chi connectivity index (χ2n) is 4.22. The van der Waals surface area contributed by atoms with Crippen molar-refractivity contribution < 1.29 is 19.4 Å². The lowest BCUT2D eigenvalue weighted by atomic mass is 10.2. The molecule has 23 heavy (non-hydrogen) atoms. The molecule has 8 nitrogen and oxygen atoms in total. The van der Waals surface area contributed by atoms with Gasteiger partial charge in [-0.15, -0.1) is 0 Å². The van der Waals surface area contributed by atoms with Crippen molar-refractivity contribution in [3.8, 4) is 5.75 Å². The lowest BCUT2D eigenvalue weighted by Crippen LogP contribution is -2.10. The van der Waals surface area contributed by atoms with E-state index in [1.54, 1.807) is 0 Å². The molecule has 0 aliphatic rings. The molecule has 0 bridgehead atoms. The van der Waals surface area contributed by atoms with Crippen LogP contribution in [0.5, 0.6) is 5.75 Å². The molecule has 118 valence electrons. The average molecular weight is 402 g/mol. The van der Waals surface area contributed by atoms with Gasteiger partial charge in [0, 0.05) is 17.2 Å². The number of halogens is 2. The maximum atomic E-state index is 12.1. The minimum atomic E-state index is -0.972. The average Bonchev–Trinajstić information content (AvgIpc) is 2.49. The first-order valence-electron chi connectivity index (χ1n) is 5.89. The predicted molar refractivity (Wildman–Crippen MR) is 83.9 cm³/mol. The van der Waals surface area contributed by atoms with E-state index in [0.717, 1.165) is 18.2 Å². The Labute approximate surface area is 142 Å². The van der Waals surface area contributed by atoms with Crippen LogP contribution in [0.3, 0.4) is 0 Å². The monoisotopic (exact) mass is 400 g/mol. The van der Waals surface area contributed by atoms with E-state index >= 15 is 0 Å². The van der Waals surface area contributed by atoms with E-state index < -0.39 is 27.2 Å². The van der Waals surface area contributed by atoms with Crippen molar-refractivity contribution in [2.75, 3.05) is 0 Å². The number of nitrogens with zero attached hydrogens (tertiary/aromatic N) is 2. The molecule has 0 spiro atoms. The highest BCUT2D eigenvalue weighted by molar-refractivity contribution is 9.10. The normalized spacial score (nSPS) is 10.2. The van der Waals surface area contributed by atoms with Crippen molar-refractivity contribution in [3.63, 3.8) is 0 Å². The van der Waals surface area contributed by atoms with Gasteiger partial charge in [-0.05, 0) is 34.1 Å². The summed E-state index contributed by atoms with van der Waals surface area (Å²) < 4.78 is 5.45. The molecule has 0 atom stereocenters. The Kier molecular flexibility index (Phi) is 4.92. The lowest BCUT2D eigenvalue weighted by Gasteiger charge is -2.06. The molecule has 0 aromatic heterocycles. The van der Waals surface area contributed by atoms with E-state index in [9.17, 15) is 25.0 Å². The van der Waals surface area contributed by atoms with Gasteiger partial charge in [-0.3, -0.25) is 20.2 Å². The molecule has 0 aliphatic carbocycles. The zero-order valence-corrected chi connectivity index (χ0v) is 13.4. The number of esters is 1. The third kappa shape index (κ3) is 4.02.